The summed E-state index contributed by atoms with van der Waals surface area (Å²) in [6.07, 6.45) is 0. The average Bonchev–Trinajstić information content (AvgIpc) is 2.27. The summed E-state index contributed by atoms with van der Waals surface area (Å²) in [6, 6.07) is 6.14. The summed E-state index contributed by atoms with van der Waals surface area (Å²) < 4.78 is 18.4. The molecule has 1 aromatic heterocycles. The molecule has 0 spiro atoms. The Morgan fingerprint density at radius 2 is 2.19 bits per heavy atom. The lowest BCUT2D eigenvalue weighted by Gasteiger charge is -2.05. The van der Waals surface area contributed by atoms with Gasteiger partial charge in [0.2, 0.25) is 5.88 Å². The topological polar surface area (TPSA) is 45.9 Å². The number of aromatic nitrogens is 1. The lowest BCUT2D eigenvalue weighted by atomic mass is 10.1. The minimum atomic E-state index is -0.537. The highest BCUT2D eigenvalue weighted by Crippen LogP contribution is 2.26. The number of nitriles is 1. The minimum Gasteiger partial charge on any atom is -0.480 e. The van der Waals surface area contributed by atoms with Crippen LogP contribution in [0.3, 0.4) is 0 Å². The van der Waals surface area contributed by atoms with E-state index in [2.05, 4.69) is 4.98 Å². The van der Waals surface area contributed by atoms with Crippen molar-refractivity contribution in [3.8, 4) is 11.9 Å². The molecule has 0 aliphatic heterocycles. The largest absolute Gasteiger partial charge is 0.480 e. The van der Waals surface area contributed by atoms with E-state index in [1.807, 2.05) is 6.07 Å². The van der Waals surface area contributed by atoms with Gasteiger partial charge in [0.1, 0.15) is 17.1 Å². The van der Waals surface area contributed by atoms with Crippen LogP contribution in [0.5, 0.6) is 5.88 Å². The smallest absolute Gasteiger partial charge is 0.232 e. The SMILES string of the molecule is COc1nc2c(F)cc(Cl)cc2cc1C#N. The summed E-state index contributed by atoms with van der Waals surface area (Å²) in [5.74, 6) is -0.429. The predicted octanol–water partition coefficient (Wildman–Crippen LogP) is 2.91. The average molecular weight is 237 g/mol. The number of nitrogens with zero attached hydrogens (tertiary/aromatic N) is 2. The van der Waals surface area contributed by atoms with Gasteiger partial charge in [0, 0.05) is 10.4 Å². The number of fused-ring (bicyclic) bond motifs is 1. The van der Waals surface area contributed by atoms with Crippen molar-refractivity contribution in [1.29, 1.82) is 5.26 Å². The van der Waals surface area contributed by atoms with E-state index in [-0.39, 0.29) is 22.0 Å². The number of ether oxygens (including phenoxy) is 1. The summed E-state index contributed by atoms with van der Waals surface area (Å²) in [5.41, 5.74) is 0.386. The van der Waals surface area contributed by atoms with Crippen LogP contribution >= 0.6 is 11.6 Å². The maximum Gasteiger partial charge on any atom is 0.232 e. The first-order valence-electron chi connectivity index (χ1n) is 4.39. The third-order valence-corrected chi connectivity index (χ3v) is 2.33. The predicted molar refractivity (Wildman–Crippen MR) is 58.0 cm³/mol. The molecule has 80 valence electrons. The molecule has 0 fully saturated rings. The molecule has 0 aliphatic rings. The number of benzene rings is 1. The fraction of sp³-hybridized carbons (Fsp3) is 0.0909. The van der Waals surface area contributed by atoms with Crippen LogP contribution in [0.1, 0.15) is 5.56 Å². The number of halogens is 2. The molecule has 1 heterocycles. The fourth-order valence-corrected chi connectivity index (χ4v) is 1.64. The molecule has 0 amide bonds. The van der Waals surface area contributed by atoms with Crippen LogP contribution in [-0.2, 0) is 0 Å². The van der Waals surface area contributed by atoms with Gasteiger partial charge in [0.15, 0.2) is 5.82 Å². The molecule has 2 rings (SSSR count). The van der Waals surface area contributed by atoms with Crippen molar-refractivity contribution in [3.05, 3.63) is 34.6 Å². The number of rotatable bonds is 1. The van der Waals surface area contributed by atoms with E-state index >= 15 is 0 Å². The van der Waals surface area contributed by atoms with Gasteiger partial charge in [0.05, 0.1) is 7.11 Å². The number of hydrogen-bond donors (Lipinski definition) is 0. The Bertz CT molecular complexity index is 607. The maximum atomic E-state index is 13.5. The van der Waals surface area contributed by atoms with Gasteiger partial charge in [-0.3, -0.25) is 0 Å². The van der Waals surface area contributed by atoms with Gasteiger partial charge in [-0.1, -0.05) is 11.6 Å². The lowest BCUT2D eigenvalue weighted by Crippen LogP contribution is -1.94. The van der Waals surface area contributed by atoms with Gasteiger partial charge in [-0.15, -0.1) is 0 Å². The zero-order valence-corrected chi connectivity index (χ0v) is 9.05. The summed E-state index contributed by atoms with van der Waals surface area (Å²) in [6.45, 7) is 0. The molecule has 0 saturated carbocycles. The van der Waals surface area contributed by atoms with Crippen molar-refractivity contribution >= 4 is 22.5 Å². The number of hydrogen-bond acceptors (Lipinski definition) is 3. The molecule has 1 aromatic carbocycles. The standard InChI is InChI=1S/C11H6ClFN2O/c1-16-11-7(5-14)2-6-3-8(12)4-9(13)10(6)15-11/h2-4H,1H3. The zero-order valence-electron chi connectivity index (χ0n) is 8.29. The monoisotopic (exact) mass is 236 g/mol. The molecule has 0 unspecified atom stereocenters. The molecule has 2 aromatic rings. The summed E-state index contributed by atoms with van der Waals surface area (Å²) in [5, 5.41) is 9.59. The highest BCUT2D eigenvalue weighted by atomic mass is 35.5. The third-order valence-electron chi connectivity index (χ3n) is 2.12. The maximum absolute atomic E-state index is 13.5. The second-order valence-corrected chi connectivity index (χ2v) is 3.55. The van der Waals surface area contributed by atoms with Crippen LogP contribution in [0.2, 0.25) is 5.02 Å². The van der Waals surface area contributed by atoms with Crippen LogP contribution in [0.15, 0.2) is 18.2 Å². The molecule has 5 heteroatoms. The first kappa shape index (κ1) is 10.7. The van der Waals surface area contributed by atoms with Crippen LogP contribution in [0, 0.1) is 17.1 Å². The van der Waals surface area contributed by atoms with E-state index in [4.69, 9.17) is 21.6 Å². The van der Waals surface area contributed by atoms with Crippen molar-refractivity contribution in [1.82, 2.24) is 4.98 Å². The molecule has 0 radical (unpaired) electrons. The molecule has 0 N–H and O–H groups in total. The van der Waals surface area contributed by atoms with E-state index in [0.29, 0.717) is 5.39 Å². The molecule has 0 aliphatic carbocycles. The highest BCUT2D eigenvalue weighted by Gasteiger charge is 2.10. The fourth-order valence-electron chi connectivity index (χ4n) is 1.43. The van der Waals surface area contributed by atoms with Gasteiger partial charge in [0.25, 0.3) is 0 Å². The van der Waals surface area contributed by atoms with Crippen molar-refractivity contribution in [2.75, 3.05) is 7.11 Å². The van der Waals surface area contributed by atoms with E-state index in [1.165, 1.54) is 19.2 Å². The summed E-state index contributed by atoms with van der Waals surface area (Å²) in [7, 11) is 1.38. The Balaban J connectivity index is 2.84. The summed E-state index contributed by atoms with van der Waals surface area (Å²) in [4.78, 5) is 3.93. The van der Waals surface area contributed by atoms with Crippen LogP contribution in [0.25, 0.3) is 10.9 Å². The Morgan fingerprint density at radius 1 is 1.44 bits per heavy atom. The molecule has 0 saturated heterocycles. The second-order valence-electron chi connectivity index (χ2n) is 3.12. The van der Waals surface area contributed by atoms with Gasteiger partial charge in [-0.25, -0.2) is 9.37 Å². The normalized spacial score (nSPS) is 10.1. The molecule has 16 heavy (non-hydrogen) atoms. The number of pyridine rings is 1. The van der Waals surface area contributed by atoms with E-state index in [1.54, 1.807) is 6.07 Å². The van der Waals surface area contributed by atoms with E-state index in [9.17, 15) is 4.39 Å². The van der Waals surface area contributed by atoms with Gasteiger partial charge >= 0.3 is 0 Å². The molecular formula is C11H6ClFN2O. The van der Waals surface area contributed by atoms with Crippen molar-refractivity contribution in [3.63, 3.8) is 0 Å². The summed E-state index contributed by atoms with van der Waals surface area (Å²) >= 11 is 5.71. The van der Waals surface area contributed by atoms with Crippen LogP contribution < -0.4 is 4.74 Å². The van der Waals surface area contributed by atoms with Crippen molar-refractivity contribution < 1.29 is 9.13 Å². The molecule has 3 nitrogen and oxygen atoms in total. The Hall–Kier alpha value is -1.86. The molecule has 0 atom stereocenters. The third kappa shape index (κ3) is 1.66. The Morgan fingerprint density at radius 3 is 2.81 bits per heavy atom. The van der Waals surface area contributed by atoms with Crippen molar-refractivity contribution in [2.24, 2.45) is 0 Å². The van der Waals surface area contributed by atoms with E-state index < -0.39 is 5.82 Å². The number of methoxy groups -OCH3 is 1. The lowest BCUT2D eigenvalue weighted by molar-refractivity contribution is 0.397. The highest BCUT2D eigenvalue weighted by molar-refractivity contribution is 6.31. The molecular weight excluding hydrogens is 231 g/mol. The zero-order chi connectivity index (χ0) is 11.7. The van der Waals surface area contributed by atoms with Gasteiger partial charge in [-0.05, 0) is 18.2 Å². The Kier molecular flexibility index (Phi) is 2.63. The second kappa shape index (κ2) is 3.95. The van der Waals surface area contributed by atoms with Gasteiger partial charge in [-0.2, -0.15) is 5.26 Å². The van der Waals surface area contributed by atoms with Crippen LogP contribution in [0.4, 0.5) is 4.39 Å². The van der Waals surface area contributed by atoms with Crippen molar-refractivity contribution in [2.45, 2.75) is 0 Å². The van der Waals surface area contributed by atoms with Crippen LogP contribution in [-0.4, -0.2) is 12.1 Å². The first-order chi connectivity index (χ1) is 7.65. The first-order valence-corrected chi connectivity index (χ1v) is 4.77. The van der Waals surface area contributed by atoms with E-state index in [0.717, 1.165) is 0 Å². The van der Waals surface area contributed by atoms with Gasteiger partial charge < -0.3 is 4.74 Å². The quantitative estimate of drug-likeness (QED) is 0.765. The minimum absolute atomic E-state index is 0.108. The molecule has 0 bridgehead atoms. The Labute approximate surface area is 96.0 Å².